The summed E-state index contributed by atoms with van der Waals surface area (Å²) in [5.74, 6) is -0.0301. The molecule has 6 heteroatoms. The minimum Gasteiger partial charge on any atom is -0.508 e. The first kappa shape index (κ1) is 13.4. The summed E-state index contributed by atoms with van der Waals surface area (Å²) in [7, 11) is 0. The molecule has 0 aliphatic heterocycles. The number of nitro benzene ring substituents is 1. The first-order chi connectivity index (χ1) is 9.61. The molecule has 2 N–H and O–H groups in total. The van der Waals surface area contributed by atoms with Gasteiger partial charge in [0, 0.05) is 24.2 Å². The molecule has 0 aromatic heterocycles. The van der Waals surface area contributed by atoms with E-state index in [0.717, 1.165) is 0 Å². The minimum absolute atomic E-state index is 0.0301. The van der Waals surface area contributed by atoms with E-state index in [-0.39, 0.29) is 18.0 Å². The normalized spacial score (nSPS) is 9.75. The molecule has 0 heterocycles. The highest BCUT2D eigenvalue weighted by Gasteiger charge is 2.10. The Morgan fingerprint density at radius 2 is 2.05 bits per heavy atom. The van der Waals surface area contributed by atoms with Crippen molar-refractivity contribution in [3.63, 3.8) is 0 Å². The number of phenols is 1. The SMILES string of the molecule is N#Cc1ccccc1NCc1cc([N+](=O)[O-])ccc1O. The molecule has 0 radical (unpaired) electrons. The second-order valence-electron chi connectivity index (χ2n) is 4.08. The van der Waals surface area contributed by atoms with Gasteiger partial charge in [-0.1, -0.05) is 12.1 Å². The summed E-state index contributed by atoms with van der Waals surface area (Å²) < 4.78 is 0. The Morgan fingerprint density at radius 1 is 1.30 bits per heavy atom. The smallest absolute Gasteiger partial charge is 0.270 e. The van der Waals surface area contributed by atoms with Crippen LogP contribution >= 0.6 is 0 Å². The molecular formula is C14H11N3O3. The van der Waals surface area contributed by atoms with Gasteiger partial charge in [0.25, 0.3) is 5.69 Å². The fourth-order valence-corrected chi connectivity index (χ4v) is 1.75. The van der Waals surface area contributed by atoms with Crippen LogP contribution in [-0.2, 0) is 6.54 Å². The number of para-hydroxylation sites is 1. The Morgan fingerprint density at radius 3 is 2.75 bits per heavy atom. The molecule has 0 aliphatic carbocycles. The highest BCUT2D eigenvalue weighted by molar-refractivity contribution is 5.58. The third-order valence-corrected chi connectivity index (χ3v) is 2.79. The predicted octanol–water partition coefficient (Wildman–Crippen LogP) is 2.78. The van der Waals surface area contributed by atoms with Crippen LogP contribution in [0.25, 0.3) is 0 Å². The average molecular weight is 269 g/mol. The lowest BCUT2D eigenvalue weighted by Gasteiger charge is -2.09. The van der Waals surface area contributed by atoms with Crippen LogP contribution in [0.3, 0.4) is 0 Å². The molecule has 0 saturated carbocycles. The molecule has 0 unspecified atom stereocenters. The predicted molar refractivity (Wildman–Crippen MR) is 73.2 cm³/mol. The molecule has 2 rings (SSSR count). The van der Waals surface area contributed by atoms with Gasteiger partial charge in [0.2, 0.25) is 0 Å². The van der Waals surface area contributed by atoms with Gasteiger partial charge < -0.3 is 10.4 Å². The Hall–Kier alpha value is -3.07. The summed E-state index contributed by atoms with van der Waals surface area (Å²) in [6, 6.07) is 12.8. The minimum atomic E-state index is -0.522. The first-order valence-electron chi connectivity index (χ1n) is 5.81. The number of hydrogen-bond donors (Lipinski definition) is 2. The molecule has 0 spiro atoms. The highest BCUT2D eigenvalue weighted by atomic mass is 16.6. The van der Waals surface area contributed by atoms with Crippen LogP contribution in [0.5, 0.6) is 5.75 Å². The summed E-state index contributed by atoms with van der Waals surface area (Å²) in [5.41, 5.74) is 1.39. The number of nitrogens with one attached hydrogen (secondary N) is 1. The molecule has 100 valence electrons. The largest absolute Gasteiger partial charge is 0.508 e. The lowest BCUT2D eigenvalue weighted by atomic mass is 10.1. The zero-order valence-electron chi connectivity index (χ0n) is 10.4. The van der Waals surface area contributed by atoms with Crippen molar-refractivity contribution < 1.29 is 10.0 Å². The number of nitriles is 1. The maximum atomic E-state index is 10.7. The fraction of sp³-hybridized carbons (Fsp3) is 0.0714. The van der Waals surface area contributed by atoms with E-state index < -0.39 is 4.92 Å². The van der Waals surface area contributed by atoms with Gasteiger partial charge in [0.05, 0.1) is 16.2 Å². The topological polar surface area (TPSA) is 99.2 Å². The molecule has 0 atom stereocenters. The van der Waals surface area contributed by atoms with E-state index in [4.69, 9.17) is 5.26 Å². The Kier molecular flexibility index (Phi) is 3.82. The second-order valence-corrected chi connectivity index (χ2v) is 4.08. The van der Waals surface area contributed by atoms with Gasteiger partial charge in [-0.15, -0.1) is 0 Å². The Labute approximate surface area is 115 Å². The summed E-state index contributed by atoms with van der Waals surface area (Å²) in [6.07, 6.45) is 0. The standard InChI is InChI=1S/C14H11N3O3/c15-8-10-3-1-2-4-13(10)16-9-11-7-12(17(19)20)5-6-14(11)18/h1-7,16,18H,9H2. The molecule has 0 amide bonds. The van der Waals surface area contributed by atoms with E-state index >= 15 is 0 Å². The Balaban J connectivity index is 2.21. The number of rotatable bonds is 4. The number of phenolic OH excluding ortho intramolecular Hbond substituents is 1. The molecule has 0 fully saturated rings. The van der Waals surface area contributed by atoms with Gasteiger partial charge in [-0.05, 0) is 18.2 Å². The molecule has 0 bridgehead atoms. The second kappa shape index (κ2) is 5.71. The van der Waals surface area contributed by atoms with E-state index in [1.165, 1.54) is 18.2 Å². The van der Waals surface area contributed by atoms with Crippen LogP contribution in [0.4, 0.5) is 11.4 Å². The molecule has 0 aliphatic rings. The van der Waals surface area contributed by atoms with E-state index in [1.807, 2.05) is 6.07 Å². The third kappa shape index (κ3) is 2.84. The summed E-state index contributed by atoms with van der Waals surface area (Å²) in [4.78, 5) is 10.2. The van der Waals surface area contributed by atoms with Crippen molar-refractivity contribution in [1.82, 2.24) is 0 Å². The Bertz CT molecular complexity index is 692. The van der Waals surface area contributed by atoms with E-state index in [2.05, 4.69) is 5.32 Å². The van der Waals surface area contributed by atoms with Crippen LogP contribution in [0.2, 0.25) is 0 Å². The van der Waals surface area contributed by atoms with Crippen molar-refractivity contribution in [3.05, 3.63) is 63.7 Å². The molecule has 2 aromatic carbocycles. The number of anilines is 1. The lowest BCUT2D eigenvalue weighted by molar-refractivity contribution is -0.384. The maximum absolute atomic E-state index is 10.7. The number of nitrogens with zero attached hydrogens (tertiary/aromatic N) is 2. The molecule has 6 nitrogen and oxygen atoms in total. The van der Waals surface area contributed by atoms with Crippen molar-refractivity contribution in [2.45, 2.75) is 6.54 Å². The van der Waals surface area contributed by atoms with E-state index in [1.54, 1.807) is 24.3 Å². The van der Waals surface area contributed by atoms with Crippen molar-refractivity contribution in [2.75, 3.05) is 5.32 Å². The van der Waals surface area contributed by atoms with Crippen LogP contribution in [0.1, 0.15) is 11.1 Å². The fourth-order valence-electron chi connectivity index (χ4n) is 1.75. The summed E-state index contributed by atoms with van der Waals surface area (Å²) in [6.45, 7) is 0.187. The average Bonchev–Trinajstić information content (AvgIpc) is 2.46. The monoisotopic (exact) mass is 269 g/mol. The van der Waals surface area contributed by atoms with Crippen LogP contribution in [0, 0.1) is 21.4 Å². The molecule has 20 heavy (non-hydrogen) atoms. The van der Waals surface area contributed by atoms with Crippen LogP contribution in [-0.4, -0.2) is 10.0 Å². The summed E-state index contributed by atoms with van der Waals surface area (Å²) in [5, 5.41) is 32.3. The van der Waals surface area contributed by atoms with Crippen molar-refractivity contribution in [2.24, 2.45) is 0 Å². The molecule has 2 aromatic rings. The highest BCUT2D eigenvalue weighted by Crippen LogP contribution is 2.24. The van der Waals surface area contributed by atoms with Crippen molar-refractivity contribution >= 4 is 11.4 Å². The van der Waals surface area contributed by atoms with Crippen molar-refractivity contribution in [3.8, 4) is 11.8 Å². The number of benzene rings is 2. The number of non-ortho nitro benzene ring substituents is 1. The zero-order chi connectivity index (χ0) is 14.5. The lowest BCUT2D eigenvalue weighted by Crippen LogP contribution is -2.02. The maximum Gasteiger partial charge on any atom is 0.270 e. The van der Waals surface area contributed by atoms with Crippen LogP contribution < -0.4 is 5.32 Å². The van der Waals surface area contributed by atoms with Crippen molar-refractivity contribution in [1.29, 1.82) is 5.26 Å². The molecular weight excluding hydrogens is 258 g/mol. The van der Waals surface area contributed by atoms with Gasteiger partial charge in [0.1, 0.15) is 11.8 Å². The number of hydrogen-bond acceptors (Lipinski definition) is 5. The number of nitro groups is 1. The first-order valence-corrected chi connectivity index (χ1v) is 5.81. The van der Waals surface area contributed by atoms with Crippen LogP contribution in [0.15, 0.2) is 42.5 Å². The quantitative estimate of drug-likeness (QED) is 0.656. The van der Waals surface area contributed by atoms with Gasteiger partial charge in [-0.2, -0.15) is 5.26 Å². The third-order valence-electron chi connectivity index (χ3n) is 2.79. The molecule has 0 saturated heterocycles. The van der Waals surface area contributed by atoms with Gasteiger partial charge in [-0.3, -0.25) is 10.1 Å². The zero-order valence-corrected chi connectivity index (χ0v) is 10.4. The van der Waals surface area contributed by atoms with Gasteiger partial charge in [0.15, 0.2) is 0 Å². The van der Waals surface area contributed by atoms with Gasteiger partial charge in [-0.25, -0.2) is 0 Å². The van der Waals surface area contributed by atoms with Gasteiger partial charge >= 0.3 is 0 Å². The summed E-state index contributed by atoms with van der Waals surface area (Å²) >= 11 is 0. The number of aromatic hydroxyl groups is 1. The van der Waals surface area contributed by atoms with E-state index in [0.29, 0.717) is 16.8 Å². The van der Waals surface area contributed by atoms with E-state index in [9.17, 15) is 15.2 Å².